The predicted octanol–water partition coefficient (Wildman–Crippen LogP) is 3.78. The van der Waals surface area contributed by atoms with Crippen LogP contribution in [0.25, 0.3) is 16.9 Å². The van der Waals surface area contributed by atoms with Crippen LogP contribution in [0.3, 0.4) is 0 Å². The Balaban J connectivity index is 1.96. The molecule has 3 rings (SSSR count). The first-order chi connectivity index (χ1) is 12.5. The van der Waals surface area contributed by atoms with Gasteiger partial charge < -0.3 is 5.32 Å². The standard InChI is InChI=1S/C21H24N4O/c1-15(2)22-13-20(26)24-21-23-19(18-12-8-7-9-16(18)3)14-25(21)17-10-5-4-6-11-17/h4-12,14-15,22H,13H2,1-3H3,(H,23,24,26). The van der Waals surface area contributed by atoms with Crippen LogP contribution in [0.4, 0.5) is 5.95 Å². The topological polar surface area (TPSA) is 59.0 Å². The second-order valence-electron chi connectivity index (χ2n) is 6.55. The number of carbonyl (C=O) groups excluding carboxylic acids is 1. The fourth-order valence-corrected chi connectivity index (χ4v) is 2.71. The van der Waals surface area contributed by atoms with Gasteiger partial charge in [0.2, 0.25) is 11.9 Å². The highest BCUT2D eigenvalue weighted by Gasteiger charge is 2.14. The van der Waals surface area contributed by atoms with E-state index in [9.17, 15) is 4.79 Å². The number of hydrogen-bond acceptors (Lipinski definition) is 3. The molecule has 0 atom stereocenters. The highest BCUT2D eigenvalue weighted by Crippen LogP contribution is 2.26. The van der Waals surface area contributed by atoms with E-state index in [1.807, 2.05) is 73.1 Å². The molecule has 0 aliphatic rings. The van der Waals surface area contributed by atoms with E-state index >= 15 is 0 Å². The first-order valence-corrected chi connectivity index (χ1v) is 8.78. The smallest absolute Gasteiger partial charge is 0.240 e. The zero-order valence-electron chi connectivity index (χ0n) is 15.4. The lowest BCUT2D eigenvalue weighted by Gasteiger charge is -2.10. The molecule has 2 aromatic carbocycles. The fraction of sp³-hybridized carbons (Fsp3) is 0.238. The van der Waals surface area contributed by atoms with Crippen LogP contribution >= 0.6 is 0 Å². The third-order valence-corrected chi connectivity index (χ3v) is 4.08. The first kappa shape index (κ1) is 17.9. The summed E-state index contributed by atoms with van der Waals surface area (Å²) < 4.78 is 1.91. The Morgan fingerprint density at radius 3 is 2.46 bits per heavy atom. The largest absolute Gasteiger partial charge is 0.306 e. The summed E-state index contributed by atoms with van der Waals surface area (Å²) in [5.74, 6) is 0.405. The van der Waals surface area contributed by atoms with Gasteiger partial charge in [-0.05, 0) is 24.6 Å². The van der Waals surface area contributed by atoms with Crippen molar-refractivity contribution in [1.82, 2.24) is 14.9 Å². The number of nitrogens with one attached hydrogen (secondary N) is 2. The average molecular weight is 348 g/mol. The molecule has 5 nitrogen and oxygen atoms in total. The third kappa shape index (κ3) is 4.18. The zero-order chi connectivity index (χ0) is 18.5. The number of hydrogen-bond donors (Lipinski definition) is 2. The maximum absolute atomic E-state index is 12.3. The van der Waals surface area contributed by atoms with E-state index in [4.69, 9.17) is 0 Å². The van der Waals surface area contributed by atoms with E-state index in [0.717, 1.165) is 22.5 Å². The molecule has 0 fully saturated rings. The van der Waals surface area contributed by atoms with Crippen molar-refractivity contribution in [3.63, 3.8) is 0 Å². The van der Waals surface area contributed by atoms with Crippen molar-refractivity contribution in [3.8, 4) is 16.9 Å². The molecule has 0 saturated carbocycles. The SMILES string of the molecule is Cc1ccccc1-c1cn(-c2ccccc2)c(NC(=O)CNC(C)C)n1. The van der Waals surface area contributed by atoms with Crippen LogP contribution in [0.2, 0.25) is 0 Å². The molecular weight excluding hydrogens is 324 g/mol. The van der Waals surface area contributed by atoms with Gasteiger partial charge in [-0.2, -0.15) is 0 Å². The first-order valence-electron chi connectivity index (χ1n) is 8.78. The van der Waals surface area contributed by atoms with Crippen LogP contribution in [-0.4, -0.2) is 28.0 Å². The molecule has 0 radical (unpaired) electrons. The van der Waals surface area contributed by atoms with Crippen LogP contribution in [0.15, 0.2) is 60.8 Å². The van der Waals surface area contributed by atoms with E-state index in [2.05, 4.69) is 28.6 Å². The third-order valence-electron chi connectivity index (χ3n) is 4.08. The Hall–Kier alpha value is -2.92. The van der Waals surface area contributed by atoms with Crippen molar-refractivity contribution in [2.75, 3.05) is 11.9 Å². The summed E-state index contributed by atoms with van der Waals surface area (Å²) in [4.78, 5) is 17.0. The number of benzene rings is 2. The van der Waals surface area contributed by atoms with Gasteiger partial charge >= 0.3 is 0 Å². The van der Waals surface area contributed by atoms with Crippen LogP contribution < -0.4 is 10.6 Å². The van der Waals surface area contributed by atoms with Crippen molar-refractivity contribution in [1.29, 1.82) is 0 Å². The molecule has 1 heterocycles. The van der Waals surface area contributed by atoms with Gasteiger partial charge in [0.15, 0.2) is 0 Å². The van der Waals surface area contributed by atoms with Crippen molar-refractivity contribution < 1.29 is 4.79 Å². The Kier molecular flexibility index (Phi) is 5.49. The van der Waals surface area contributed by atoms with Crippen LogP contribution in [0, 0.1) is 6.92 Å². The average Bonchev–Trinajstić information content (AvgIpc) is 3.04. The number of aromatic nitrogens is 2. The minimum absolute atomic E-state index is 0.113. The Morgan fingerprint density at radius 1 is 1.08 bits per heavy atom. The molecule has 1 amide bonds. The Bertz CT molecular complexity index is 884. The number of rotatable bonds is 6. The summed E-state index contributed by atoms with van der Waals surface area (Å²) in [7, 11) is 0. The van der Waals surface area contributed by atoms with Gasteiger partial charge in [0.25, 0.3) is 0 Å². The van der Waals surface area contributed by atoms with Gasteiger partial charge in [-0.25, -0.2) is 4.98 Å². The van der Waals surface area contributed by atoms with Crippen LogP contribution in [-0.2, 0) is 4.79 Å². The molecule has 134 valence electrons. The van der Waals surface area contributed by atoms with Gasteiger partial charge in [-0.1, -0.05) is 56.3 Å². The van der Waals surface area contributed by atoms with Crippen molar-refractivity contribution in [2.24, 2.45) is 0 Å². The van der Waals surface area contributed by atoms with Crippen LogP contribution in [0.5, 0.6) is 0 Å². The van der Waals surface area contributed by atoms with E-state index in [1.54, 1.807) is 0 Å². The van der Waals surface area contributed by atoms with Crippen molar-refractivity contribution in [3.05, 3.63) is 66.4 Å². The summed E-state index contributed by atoms with van der Waals surface area (Å²) in [5, 5.41) is 6.05. The fourth-order valence-electron chi connectivity index (χ4n) is 2.71. The summed E-state index contributed by atoms with van der Waals surface area (Å²) in [6.07, 6.45) is 1.96. The summed E-state index contributed by atoms with van der Waals surface area (Å²) >= 11 is 0. The van der Waals surface area contributed by atoms with Crippen LogP contribution in [0.1, 0.15) is 19.4 Å². The summed E-state index contributed by atoms with van der Waals surface area (Å²) in [6, 6.07) is 18.2. The normalized spacial score (nSPS) is 10.9. The van der Waals surface area contributed by atoms with Gasteiger partial charge in [-0.15, -0.1) is 0 Å². The number of amides is 1. The van der Waals surface area contributed by atoms with E-state index in [-0.39, 0.29) is 18.5 Å². The van der Waals surface area contributed by atoms with Gasteiger partial charge in [-0.3, -0.25) is 14.7 Å². The van der Waals surface area contributed by atoms with Gasteiger partial charge in [0.1, 0.15) is 0 Å². The van der Waals surface area contributed by atoms with Crippen molar-refractivity contribution >= 4 is 11.9 Å². The molecule has 26 heavy (non-hydrogen) atoms. The predicted molar refractivity (Wildman–Crippen MR) is 106 cm³/mol. The highest BCUT2D eigenvalue weighted by molar-refractivity contribution is 5.91. The molecule has 0 spiro atoms. The van der Waals surface area contributed by atoms with E-state index in [1.165, 1.54) is 0 Å². The maximum Gasteiger partial charge on any atom is 0.240 e. The Labute approximate surface area is 154 Å². The zero-order valence-corrected chi connectivity index (χ0v) is 15.4. The van der Waals surface area contributed by atoms with E-state index in [0.29, 0.717) is 5.95 Å². The maximum atomic E-state index is 12.3. The molecule has 1 aromatic heterocycles. The number of imidazole rings is 1. The number of nitrogens with zero attached hydrogens (tertiary/aromatic N) is 2. The molecule has 0 bridgehead atoms. The minimum Gasteiger partial charge on any atom is -0.306 e. The molecular formula is C21H24N4O. The lowest BCUT2D eigenvalue weighted by Crippen LogP contribution is -2.33. The number of anilines is 1. The lowest BCUT2D eigenvalue weighted by molar-refractivity contribution is -0.115. The molecule has 0 aliphatic carbocycles. The second kappa shape index (κ2) is 7.97. The number of para-hydroxylation sites is 1. The second-order valence-corrected chi connectivity index (χ2v) is 6.55. The number of aryl methyl sites for hydroxylation is 1. The number of carbonyl (C=O) groups is 1. The molecule has 5 heteroatoms. The molecule has 3 aromatic rings. The summed E-state index contributed by atoms with van der Waals surface area (Å²) in [6.45, 7) is 6.32. The molecule has 0 unspecified atom stereocenters. The molecule has 0 aliphatic heterocycles. The molecule has 2 N–H and O–H groups in total. The summed E-state index contributed by atoms with van der Waals surface area (Å²) in [5.41, 5.74) is 3.98. The van der Waals surface area contributed by atoms with Crippen molar-refractivity contribution in [2.45, 2.75) is 26.8 Å². The Morgan fingerprint density at radius 2 is 1.77 bits per heavy atom. The van der Waals surface area contributed by atoms with Gasteiger partial charge in [0, 0.05) is 23.5 Å². The van der Waals surface area contributed by atoms with E-state index < -0.39 is 0 Å². The quantitative estimate of drug-likeness (QED) is 0.713. The highest BCUT2D eigenvalue weighted by atomic mass is 16.2. The molecule has 0 saturated heterocycles. The van der Waals surface area contributed by atoms with Gasteiger partial charge in [0.05, 0.1) is 12.2 Å². The monoisotopic (exact) mass is 348 g/mol. The lowest BCUT2D eigenvalue weighted by atomic mass is 10.1. The minimum atomic E-state index is -0.113.